The Bertz CT molecular complexity index is 814. The largest absolute Gasteiger partial charge is 0.372 e. The standard InChI is InChI=1S/C19H19Cl2N3O/c1-13-10-16(24-8-2-3-9-24)6-4-14(13)12-22-23-19(25)17-7-5-15(20)11-18(17)21/h4-7,10-12H,2-3,8-9H2,1H3,(H,23,25). The van der Waals surface area contributed by atoms with Crippen LogP contribution in [0.5, 0.6) is 0 Å². The summed E-state index contributed by atoms with van der Waals surface area (Å²) in [6, 6.07) is 11.0. The number of benzene rings is 2. The smallest absolute Gasteiger partial charge is 0.272 e. The number of hydrazone groups is 1. The van der Waals surface area contributed by atoms with Crippen LogP contribution < -0.4 is 10.3 Å². The fraction of sp³-hybridized carbons (Fsp3) is 0.263. The van der Waals surface area contributed by atoms with Crippen LogP contribution in [-0.4, -0.2) is 25.2 Å². The van der Waals surface area contributed by atoms with Crippen molar-refractivity contribution in [2.75, 3.05) is 18.0 Å². The van der Waals surface area contributed by atoms with Gasteiger partial charge in [0.1, 0.15) is 0 Å². The first kappa shape index (κ1) is 17.8. The predicted octanol–water partition coefficient (Wildman–Crippen LogP) is 4.67. The van der Waals surface area contributed by atoms with Crippen molar-refractivity contribution in [3.05, 3.63) is 63.1 Å². The lowest BCUT2D eigenvalue weighted by Crippen LogP contribution is -2.18. The molecule has 3 rings (SSSR count). The van der Waals surface area contributed by atoms with Gasteiger partial charge in [-0.1, -0.05) is 29.3 Å². The van der Waals surface area contributed by atoms with Crippen molar-refractivity contribution in [1.82, 2.24) is 5.43 Å². The molecule has 1 N–H and O–H groups in total. The highest BCUT2D eigenvalue weighted by atomic mass is 35.5. The lowest BCUT2D eigenvalue weighted by atomic mass is 10.1. The van der Waals surface area contributed by atoms with Crippen LogP contribution in [0.4, 0.5) is 5.69 Å². The van der Waals surface area contributed by atoms with E-state index in [0.29, 0.717) is 15.6 Å². The van der Waals surface area contributed by atoms with Gasteiger partial charge in [0.2, 0.25) is 0 Å². The monoisotopic (exact) mass is 375 g/mol. The number of aryl methyl sites for hydroxylation is 1. The molecule has 1 saturated heterocycles. The summed E-state index contributed by atoms with van der Waals surface area (Å²) in [5, 5.41) is 4.82. The molecule has 1 amide bonds. The Morgan fingerprint density at radius 2 is 1.92 bits per heavy atom. The molecule has 0 unspecified atom stereocenters. The number of rotatable bonds is 4. The number of nitrogens with one attached hydrogen (secondary N) is 1. The van der Waals surface area contributed by atoms with Crippen LogP contribution in [-0.2, 0) is 0 Å². The van der Waals surface area contributed by atoms with Gasteiger partial charge in [0.05, 0.1) is 16.8 Å². The van der Waals surface area contributed by atoms with Crippen molar-refractivity contribution in [3.8, 4) is 0 Å². The first-order valence-electron chi connectivity index (χ1n) is 8.18. The molecule has 2 aromatic carbocycles. The lowest BCUT2D eigenvalue weighted by molar-refractivity contribution is 0.0955. The summed E-state index contributed by atoms with van der Waals surface area (Å²) in [4.78, 5) is 14.5. The lowest BCUT2D eigenvalue weighted by Gasteiger charge is -2.18. The van der Waals surface area contributed by atoms with Crippen LogP contribution in [0.3, 0.4) is 0 Å². The van der Waals surface area contributed by atoms with E-state index in [1.807, 2.05) is 13.0 Å². The van der Waals surface area contributed by atoms with Gasteiger partial charge in [0.15, 0.2) is 0 Å². The summed E-state index contributed by atoms with van der Waals surface area (Å²) in [5.41, 5.74) is 6.16. The van der Waals surface area contributed by atoms with E-state index in [1.54, 1.807) is 18.3 Å². The fourth-order valence-electron chi connectivity index (χ4n) is 2.87. The van der Waals surface area contributed by atoms with Crippen molar-refractivity contribution < 1.29 is 4.79 Å². The number of hydrogen-bond acceptors (Lipinski definition) is 3. The number of nitrogens with zero attached hydrogens (tertiary/aromatic N) is 2. The van der Waals surface area contributed by atoms with Gasteiger partial charge in [-0.25, -0.2) is 5.43 Å². The molecule has 0 radical (unpaired) electrons. The van der Waals surface area contributed by atoms with Crippen LogP contribution in [0.25, 0.3) is 0 Å². The minimum atomic E-state index is -0.371. The number of carbonyl (C=O) groups is 1. The average Bonchev–Trinajstić information content (AvgIpc) is 3.10. The van der Waals surface area contributed by atoms with E-state index in [2.05, 4.69) is 27.6 Å². The molecule has 0 aromatic heterocycles. The molecule has 4 nitrogen and oxygen atoms in total. The number of hydrogen-bond donors (Lipinski definition) is 1. The second kappa shape index (κ2) is 7.89. The molecule has 1 heterocycles. The minimum absolute atomic E-state index is 0.298. The third-order valence-corrected chi connectivity index (χ3v) is 4.82. The molecule has 25 heavy (non-hydrogen) atoms. The van der Waals surface area contributed by atoms with Crippen molar-refractivity contribution >= 4 is 41.0 Å². The van der Waals surface area contributed by atoms with Crippen LogP contribution in [0.15, 0.2) is 41.5 Å². The molecule has 0 bridgehead atoms. The van der Waals surface area contributed by atoms with E-state index >= 15 is 0 Å². The molecule has 0 saturated carbocycles. The van der Waals surface area contributed by atoms with Gasteiger partial charge in [-0.05, 0) is 61.2 Å². The average molecular weight is 376 g/mol. The van der Waals surface area contributed by atoms with Gasteiger partial charge < -0.3 is 4.90 Å². The summed E-state index contributed by atoms with van der Waals surface area (Å²) in [5.74, 6) is -0.371. The van der Waals surface area contributed by atoms with Gasteiger partial charge in [-0.3, -0.25) is 4.79 Å². The maximum atomic E-state index is 12.1. The Morgan fingerprint density at radius 3 is 2.60 bits per heavy atom. The summed E-state index contributed by atoms with van der Waals surface area (Å²) in [6.07, 6.45) is 4.15. The zero-order chi connectivity index (χ0) is 17.8. The molecule has 0 atom stereocenters. The first-order chi connectivity index (χ1) is 12.0. The Hall–Kier alpha value is -2.04. The number of halogens is 2. The zero-order valence-electron chi connectivity index (χ0n) is 13.9. The maximum absolute atomic E-state index is 12.1. The number of carbonyl (C=O) groups excluding carboxylic acids is 1. The van der Waals surface area contributed by atoms with Gasteiger partial charge in [0.25, 0.3) is 5.91 Å². The molecule has 1 aliphatic rings. The van der Waals surface area contributed by atoms with Crippen LogP contribution in [0.2, 0.25) is 10.0 Å². The molecule has 1 fully saturated rings. The normalized spacial score (nSPS) is 14.3. The van der Waals surface area contributed by atoms with Crippen LogP contribution in [0, 0.1) is 6.92 Å². The van der Waals surface area contributed by atoms with Crippen LogP contribution >= 0.6 is 23.2 Å². The highest BCUT2D eigenvalue weighted by molar-refractivity contribution is 6.36. The molecule has 6 heteroatoms. The van der Waals surface area contributed by atoms with Gasteiger partial charge >= 0.3 is 0 Å². The topological polar surface area (TPSA) is 44.7 Å². The molecule has 1 aliphatic heterocycles. The summed E-state index contributed by atoms with van der Waals surface area (Å²) >= 11 is 11.9. The molecule has 0 spiro atoms. The van der Waals surface area contributed by atoms with E-state index in [9.17, 15) is 4.79 Å². The van der Waals surface area contributed by atoms with E-state index in [0.717, 1.165) is 24.2 Å². The third-order valence-electron chi connectivity index (χ3n) is 4.27. The van der Waals surface area contributed by atoms with Crippen molar-refractivity contribution in [2.45, 2.75) is 19.8 Å². The van der Waals surface area contributed by atoms with Crippen molar-refractivity contribution in [2.24, 2.45) is 5.10 Å². The Balaban J connectivity index is 1.66. The second-order valence-corrected chi connectivity index (χ2v) is 6.90. The quantitative estimate of drug-likeness (QED) is 0.623. The van der Waals surface area contributed by atoms with E-state index in [4.69, 9.17) is 23.2 Å². The van der Waals surface area contributed by atoms with Gasteiger partial charge in [-0.15, -0.1) is 0 Å². The molecular formula is C19H19Cl2N3O. The summed E-state index contributed by atoms with van der Waals surface area (Å²) < 4.78 is 0. The number of amides is 1. The molecule has 0 aliphatic carbocycles. The zero-order valence-corrected chi connectivity index (χ0v) is 15.4. The first-order valence-corrected chi connectivity index (χ1v) is 8.94. The van der Waals surface area contributed by atoms with Crippen molar-refractivity contribution in [1.29, 1.82) is 0 Å². The highest BCUT2D eigenvalue weighted by Gasteiger charge is 2.13. The highest BCUT2D eigenvalue weighted by Crippen LogP contribution is 2.23. The van der Waals surface area contributed by atoms with E-state index in [1.165, 1.54) is 24.6 Å². The molecule has 130 valence electrons. The third kappa shape index (κ3) is 4.33. The minimum Gasteiger partial charge on any atom is -0.372 e. The summed E-state index contributed by atoms with van der Waals surface area (Å²) in [6.45, 7) is 4.27. The fourth-order valence-corrected chi connectivity index (χ4v) is 3.37. The molecule has 2 aromatic rings. The summed E-state index contributed by atoms with van der Waals surface area (Å²) in [7, 11) is 0. The SMILES string of the molecule is Cc1cc(N2CCCC2)ccc1C=NNC(=O)c1ccc(Cl)cc1Cl. The van der Waals surface area contributed by atoms with Gasteiger partial charge in [-0.2, -0.15) is 5.10 Å². The number of anilines is 1. The van der Waals surface area contributed by atoms with E-state index in [-0.39, 0.29) is 5.91 Å². The van der Waals surface area contributed by atoms with Crippen molar-refractivity contribution in [3.63, 3.8) is 0 Å². The Labute approximate surface area is 157 Å². The Kier molecular flexibility index (Phi) is 5.61. The second-order valence-electron chi connectivity index (χ2n) is 6.06. The Morgan fingerprint density at radius 1 is 1.16 bits per heavy atom. The van der Waals surface area contributed by atoms with E-state index < -0.39 is 0 Å². The predicted molar refractivity (Wildman–Crippen MR) is 104 cm³/mol. The van der Waals surface area contributed by atoms with Gasteiger partial charge in [0, 0.05) is 23.8 Å². The van der Waals surface area contributed by atoms with Crippen LogP contribution in [0.1, 0.15) is 34.3 Å². The molecular weight excluding hydrogens is 357 g/mol. The maximum Gasteiger partial charge on any atom is 0.272 e.